The van der Waals surface area contributed by atoms with Crippen LogP contribution in [0, 0.1) is 0 Å². The molecular weight excluding hydrogens is 610 g/mol. The summed E-state index contributed by atoms with van der Waals surface area (Å²) < 4.78 is 82.1. The topological polar surface area (TPSA) is 32.8 Å². The van der Waals surface area contributed by atoms with E-state index in [0.717, 1.165) is 25.0 Å². The van der Waals surface area contributed by atoms with Gasteiger partial charge in [0, 0.05) is 30.7 Å². The molecule has 0 spiro atoms. The van der Waals surface area contributed by atoms with Crippen molar-refractivity contribution in [1.29, 1.82) is 0 Å². The van der Waals surface area contributed by atoms with E-state index in [1.807, 2.05) is 54.3 Å². The largest absolute Gasteiger partial charge is 0.434 e. The Hall–Kier alpha value is -1.79. The first-order valence-electron chi connectivity index (χ1n) is 10.5. The Morgan fingerprint density at radius 2 is 1.63 bits per heavy atom. The van der Waals surface area contributed by atoms with Crippen LogP contribution in [0.25, 0.3) is 0 Å². The van der Waals surface area contributed by atoms with E-state index in [4.69, 9.17) is 0 Å². The molecule has 0 saturated carbocycles. The van der Waals surface area contributed by atoms with Crippen LogP contribution in [-0.2, 0) is 4.74 Å². The number of hydrogen-bond acceptors (Lipinski definition) is 3. The standard InChI is InChI=1S/C23H24Br2F6N2O2/c1-3-17(24)6-4-5-15(2)19(16-7-9-18(25)10-8-16)32-11-13-33(14-12-32)21(34)35-20(22(26,27)28)23(29,30)31/h3-5,7-10,19-20H,2,6,11-14H2,1H3/b5-4-,17-3+. The van der Waals surface area contributed by atoms with Crippen LogP contribution in [0.5, 0.6) is 0 Å². The first-order valence-corrected chi connectivity index (χ1v) is 12.1. The smallest absolute Gasteiger partial charge is 0.426 e. The summed E-state index contributed by atoms with van der Waals surface area (Å²) in [5, 5.41) is 0. The third kappa shape index (κ3) is 8.68. The van der Waals surface area contributed by atoms with E-state index in [1.165, 1.54) is 0 Å². The molecule has 12 heteroatoms. The molecule has 1 aliphatic heterocycles. The molecule has 4 nitrogen and oxygen atoms in total. The van der Waals surface area contributed by atoms with Crippen molar-refractivity contribution in [2.45, 2.75) is 37.8 Å². The number of piperazine rings is 1. The molecule has 0 aliphatic carbocycles. The van der Waals surface area contributed by atoms with Gasteiger partial charge < -0.3 is 9.64 Å². The lowest BCUT2D eigenvalue weighted by Gasteiger charge is -2.40. The fourth-order valence-corrected chi connectivity index (χ4v) is 3.94. The van der Waals surface area contributed by atoms with E-state index >= 15 is 0 Å². The van der Waals surface area contributed by atoms with E-state index in [-0.39, 0.29) is 32.2 Å². The molecular formula is C23H24Br2F6N2O2. The minimum Gasteiger partial charge on any atom is -0.426 e. The van der Waals surface area contributed by atoms with Gasteiger partial charge in [0.1, 0.15) is 0 Å². The van der Waals surface area contributed by atoms with Gasteiger partial charge in [-0.05, 0) is 41.1 Å². The van der Waals surface area contributed by atoms with Crippen molar-refractivity contribution in [3.05, 3.63) is 69.2 Å². The third-order valence-electron chi connectivity index (χ3n) is 5.25. The van der Waals surface area contributed by atoms with Gasteiger partial charge in [0.05, 0.1) is 6.04 Å². The van der Waals surface area contributed by atoms with Crippen LogP contribution in [0.3, 0.4) is 0 Å². The van der Waals surface area contributed by atoms with Crippen molar-refractivity contribution in [1.82, 2.24) is 9.80 Å². The number of ether oxygens (including phenoxy) is 1. The Bertz CT molecular complexity index is 923. The molecule has 0 aromatic heterocycles. The minimum atomic E-state index is -5.76. The molecule has 1 unspecified atom stereocenters. The average Bonchev–Trinajstić information content (AvgIpc) is 2.77. The summed E-state index contributed by atoms with van der Waals surface area (Å²) in [5.41, 5.74) is 1.65. The van der Waals surface area contributed by atoms with Gasteiger partial charge in [0.25, 0.3) is 6.10 Å². The van der Waals surface area contributed by atoms with E-state index in [2.05, 4.69) is 43.2 Å². The van der Waals surface area contributed by atoms with Crippen LogP contribution in [-0.4, -0.2) is 60.5 Å². The molecule has 194 valence electrons. The average molecular weight is 634 g/mol. The zero-order valence-electron chi connectivity index (χ0n) is 18.7. The van der Waals surface area contributed by atoms with Gasteiger partial charge in [-0.15, -0.1) is 0 Å². The quantitative estimate of drug-likeness (QED) is 0.230. The van der Waals surface area contributed by atoms with Crippen molar-refractivity contribution in [3.8, 4) is 0 Å². The number of carbonyl (C=O) groups excluding carboxylic acids is 1. The van der Waals surface area contributed by atoms with E-state index in [1.54, 1.807) is 0 Å². The number of rotatable bonds is 7. The molecule has 1 aromatic carbocycles. The summed E-state index contributed by atoms with van der Waals surface area (Å²) in [4.78, 5) is 14.9. The van der Waals surface area contributed by atoms with Crippen molar-refractivity contribution in [2.75, 3.05) is 26.2 Å². The number of hydrogen-bond donors (Lipinski definition) is 0. The maximum absolute atomic E-state index is 12.7. The number of nitrogens with zero attached hydrogens (tertiary/aromatic N) is 2. The maximum atomic E-state index is 12.7. The highest BCUT2D eigenvalue weighted by Crippen LogP contribution is 2.36. The summed E-state index contributed by atoms with van der Waals surface area (Å²) in [6, 6.07) is 7.20. The second-order valence-corrected chi connectivity index (χ2v) is 9.68. The molecule has 2 rings (SSSR count). The number of halogens is 8. The molecule has 1 heterocycles. The third-order valence-corrected chi connectivity index (χ3v) is 6.56. The molecule has 1 saturated heterocycles. The first kappa shape index (κ1) is 29.4. The fraction of sp³-hybridized carbons (Fsp3) is 0.435. The van der Waals surface area contributed by atoms with Gasteiger partial charge in [-0.2, -0.15) is 26.3 Å². The van der Waals surface area contributed by atoms with Gasteiger partial charge in [-0.25, -0.2) is 4.79 Å². The number of benzene rings is 1. The Labute approximate surface area is 216 Å². The van der Waals surface area contributed by atoms with Crippen molar-refractivity contribution >= 4 is 38.0 Å². The summed E-state index contributed by atoms with van der Waals surface area (Å²) in [6.45, 7) is 6.26. The summed E-state index contributed by atoms with van der Waals surface area (Å²) in [7, 11) is 0. The Morgan fingerprint density at radius 1 is 1.09 bits per heavy atom. The van der Waals surface area contributed by atoms with Crippen molar-refractivity contribution in [2.24, 2.45) is 0 Å². The number of alkyl halides is 6. The van der Waals surface area contributed by atoms with Crippen molar-refractivity contribution in [3.63, 3.8) is 0 Å². The van der Waals surface area contributed by atoms with Crippen molar-refractivity contribution < 1.29 is 35.9 Å². The first-order chi connectivity index (χ1) is 16.2. The van der Waals surface area contributed by atoms with Crippen LogP contribution in [0.4, 0.5) is 31.1 Å². The number of amides is 1. The van der Waals surface area contributed by atoms with Crippen LogP contribution in [0.15, 0.2) is 63.6 Å². The van der Waals surface area contributed by atoms with E-state index in [0.29, 0.717) is 6.42 Å². The molecule has 0 bridgehead atoms. The highest BCUT2D eigenvalue weighted by atomic mass is 79.9. The van der Waals surface area contributed by atoms with Gasteiger partial charge in [-0.1, -0.05) is 68.8 Å². The Kier molecular flexibility index (Phi) is 10.5. The number of allylic oxidation sites excluding steroid dienone is 3. The Balaban J connectivity index is 2.14. The molecule has 1 amide bonds. The molecule has 35 heavy (non-hydrogen) atoms. The predicted molar refractivity (Wildman–Crippen MR) is 128 cm³/mol. The van der Waals surface area contributed by atoms with E-state index < -0.39 is 24.5 Å². The monoisotopic (exact) mass is 632 g/mol. The lowest BCUT2D eigenvalue weighted by molar-refractivity contribution is -0.308. The molecule has 0 N–H and O–H groups in total. The lowest BCUT2D eigenvalue weighted by Crippen LogP contribution is -2.53. The lowest BCUT2D eigenvalue weighted by atomic mass is 9.96. The predicted octanol–water partition coefficient (Wildman–Crippen LogP) is 7.54. The van der Waals surface area contributed by atoms with Crippen LogP contribution < -0.4 is 0 Å². The van der Waals surface area contributed by atoms with E-state index in [9.17, 15) is 31.1 Å². The molecule has 1 atom stereocenters. The van der Waals surface area contributed by atoms with Gasteiger partial charge in [0.15, 0.2) is 0 Å². The highest BCUT2D eigenvalue weighted by molar-refractivity contribution is 9.11. The molecule has 1 aromatic rings. The zero-order valence-corrected chi connectivity index (χ0v) is 21.8. The van der Waals surface area contributed by atoms with Gasteiger partial charge in [0.2, 0.25) is 0 Å². The SMILES string of the molecule is C=C(/C=C\C/C(Br)=C\C)C(c1ccc(Br)cc1)N1CCN(C(=O)OC(C(F)(F)F)C(F)(F)F)CC1. The molecule has 0 radical (unpaired) electrons. The van der Waals surface area contributed by atoms with Gasteiger partial charge in [-0.3, -0.25) is 4.90 Å². The van der Waals surface area contributed by atoms with Crippen LogP contribution >= 0.6 is 31.9 Å². The second kappa shape index (κ2) is 12.4. The summed E-state index contributed by atoms with van der Waals surface area (Å²) >= 11 is 6.81. The molecule has 1 aliphatic rings. The fourth-order valence-electron chi connectivity index (χ4n) is 3.49. The summed E-state index contributed by atoms with van der Waals surface area (Å²) in [6.07, 6.45) is -11.0. The highest BCUT2D eigenvalue weighted by Gasteiger charge is 2.60. The normalized spacial score (nSPS) is 17.2. The summed E-state index contributed by atoms with van der Waals surface area (Å²) in [5.74, 6) is 0. The number of carbonyl (C=O) groups is 1. The molecule has 1 fully saturated rings. The van der Waals surface area contributed by atoms with Crippen LogP contribution in [0.1, 0.15) is 24.9 Å². The minimum absolute atomic E-state index is 0.102. The second-order valence-electron chi connectivity index (χ2n) is 7.74. The zero-order chi connectivity index (χ0) is 26.4. The van der Waals surface area contributed by atoms with Crippen LogP contribution in [0.2, 0.25) is 0 Å². The Morgan fingerprint density at radius 3 is 2.11 bits per heavy atom. The van der Waals surface area contributed by atoms with Gasteiger partial charge >= 0.3 is 18.4 Å². The maximum Gasteiger partial charge on any atom is 0.434 e.